The fourth-order valence-corrected chi connectivity index (χ4v) is 2.68. The number of ether oxygens (including phenoxy) is 1. The number of hydrogen-bond acceptors (Lipinski definition) is 4. The first-order valence-electron chi connectivity index (χ1n) is 9.39. The van der Waals surface area contributed by atoms with Crippen LogP contribution in [0.25, 0.3) is 0 Å². The number of thiocarbonyl (C=S) groups is 1. The van der Waals surface area contributed by atoms with Crippen LogP contribution in [0.1, 0.15) is 40.5 Å². The van der Waals surface area contributed by atoms with Gasteiger partial charge in [-0.3, -0.25) is 14.9 Å². The molecule has 2 rings (SSSR count). The van der Waals surface area contributed by atoms with E-state index in [1.807, 2.05) is 6.07 Å². The fourth-order valence-electron chi connectivity index (χ4n) is 2.48. The molecule has 0 fully saturated rings. The van der Waals surface area contributed by atoms with Crippen molar-refractivity contribution >= 4 is 34.8 Å². The second-order valence-electron chi connectivity index (χ2n) is 6.15. The lowest BCUT2D eigenvalue weighted by Gasteiger charge is -2.14. The molecule has 0 aliphatic rings. The Bertz CT molecular complexity index is 883. The lowest BCUT2D eigenvalue weighted by Crippen LogP contribution is -2.35. The lowest BCUT2D eigenvalue weighted by molar-refractivity contribution is 0.0955. The summed E-state index contributed by atoms with van der Waals surface area (Å²) in [6, 6.07) is 13.9. The Morgan fingerprint density at radius 3 is 2.48 bits per heavy atom. The maximum Gasteiger partial charge on any atom is 0.261 e. The number of hydrogen-bond donors (Lipinski definition) is 3. The van der Waals surface area contributed by atoms with Crippen LogP contribution in [-0.2, 0) is 0 Å². The van der Waals surface area contributed by atoms with Crippen LogP contribution in [0.2, 0.25) is 0 Å². The summed E-state index contributed by atoms with van der Waals surface area (Å²) < 4.78 is 5.70. The van der Waals surface area contributed by atoms with E-state index in [0.29, 0.717) is 35.7 Å². The number of nitrogens with one attached hydrogen (secondary N) is 3. The van der Waals surface area contributed by atoms with Gasteiger partial charge >= 0.3 is 0 Å². The Hall–Kier alpha value is -3.19. The predicted molar refractivity (Wildman–Crippen MR) is 120 cm³/mol. The predicted octanol–water partition coefficient (Wildman–Crippen LogP) is 3.91. The van der Waals surface area contributed by atoms with Gasteiger partial charge in [-0.2, -0.15) is 0 Å². The molecule has 152 valence electrons. The highest BCUT2D eigenvalue weighted by Gasteiger charge is 2.15. The Morgan fingerprint density at radius 2 is 1.76 bits per heavy atom. The second-order valence-corrected chi connectivity index (χ2v) is 6.56. The van der Waals surface area contributed by atoms with E-state index in [-0.39, 0.29) is 16.9 Å². The quantitative estimate of drug-likeness (QED) is 0.331. The maximum atomic E-state index is 12.7. The van der Waals surface area contributed by atoms with Crippen molar-refractivity contribution in [2.45, 2.75) is 19.8 Å². The topological polar surface area (TPSA) is 79.5 Å². The van der Waals surface area contributed by atoms with Crippen LogP contribution in [0.5, 0.6) is 5.75 Å². The molecule has 0 radical (unpaired) electrons. The van der Waals surface area contributed by atoms with Gasteiger partial charge in [0.05, 0.1) is 23.4 Å². The molecule has 7 heteroatoms. The summed E-state index contributed by atoms with van der Waals surface area (Å²) in [5.74, 6) is -0.148. The molecule has 0 bridgehead atoms. The molecule has 2 aromatic rings. The molecule has 0 aliphatic carbocycles. The van der Waals surface area contributed by atoms with Gasteiger partial charge in [-0.1, -0.05) is 43.7 Å². The maximum absolute atomic E-state index is 12.7. The zero-order chi connectivity index (χ0) is 21.1. The Labute approximate surface area is 176 Å². The molecule has 2 aromatic carbocycles. The minimum Gasteiger partial charge on any atom is -0.493 e. The van der Waals surface area contributed by atoms with E-state index in [2.05, 4.69) is 29.5 Å². The van der Waals surface area contributed by atoms with Crippen molar-refractivity contribution in [3.63, 3.8) is 0 Å². The minimum absolute atomic E-state index is 0.0855. The molecule has 3 N–H and O–H groups in total. The number of benzene rings is 2. The molecule has 0 atom stereocenters. The van der Waals surface area contributed by atoms with Crippen LogP contribution in [-0.4, -0.2) is 30.1 Å². The summed E-state index contributed by atoms with van der Waals surface area (Å²) in [7, 11) is 0. The third-order valence-corrected chi connectivity index (χ3v) is 4.15. The zero-order valence-electron chi connectivity index (χ0n) is 16.4. The lowest BCUT2D eigenvalue weighted by atomic mass is 10.1. The highest BCUT2D eigenvalue weighted by Crippen LogP contribution is 2.19. The third kappa shape index (κ3) is 6.73. The second kappa shape index (κ2) is 11.6. The van der Waals surface area contributed by atoms with E-state index < -0.39 is 0 Å². The van der Waals surface area contributed by atoms with Crippen LogP contribution in [0.3, 0.4) is 0 Å². The summed E-state index contributed by atoms with van der Waals surface area (Å²) in [6.07, 6.45) is 3.50. The summed E-state index contributed by atoms with van der Waals surface area (Å²) in [5.41, 5.74) is 1.30. The Kier molecular flexibility index (Phi) is 8.85. The number of rotatable bonds is 9. The van der Waals surface area contributed by atoms with Gasteiger partial charge in [0.1, 0.15) is 5.75 Å². The fraction of sp³-hybridized carbons (Fsp3) is 0.227. The van der Waals surface area contributed by atoms with Gasteiger partial charge in [0, 0.05) is 6.54 Å². The van der Waals surface area contributed by atoms with Crippen LogP contribution in [0, 0.1) is 0 Å². The average molecular weight is 412 g/mol. The third-order valence-electron chi connectivity index (χ3n) is 3.94. The summed E-state index contributed by atoms with van der Waals surface area (Å²) in [6.45, 7) is 6.54. The molecule has 0 unspecified atom stereocenters. The van der Waals surface area contributed by atoms with E-state index in [0.717, 1.165) is 12.8 Å². The van der Waals surface area contributed by atoms with E-state index in [9.17, 15) is 9.59 Å². The largest absolute Gasteiger partial charge is 0.493 e. The average Bonchev–Trinajstić information content (AvgIpc) is 2.72. The van der Waals surface area contributed by atoms with Crippen molar-refractivity contribution in [1.82, 2.24) is 10.6 Å². The molecule has 6 nitrogen and oxygen atoms in total. The Balaban J connectivity index is 2.06. The molecule has 0 saturated carbocycles. The highest BCUT2D eigenvalue weighted by molar-refractivity contribution is 7.80. The number of carbonyl (C=O) groups excluding carboxylic acids is 2. The molecular formula is C22H25N3O3S. The van der Waals surface area contributed by atoms with Crippen molar-refractivity contribution < 1.29 is 14.3 Å². The first kappa shape index (κ1) is 22.1. The molecule has 0 saturated heterocycles. The van der Waals surface area contributed by atoms with Gasteiger partial charge in [-0.15, -0.1) is 6.58 Å². The molecule has 0 heterocycles. The smallest absolute Gasteiger partial charge is 0.261 e. The van der Waals surface area contributed by atoms with Gasteiger partial charge in [0.15, 0.2) is 5.11 Å². The number of para-hydroxylation sites is 2. The summed E-state index contributed by atoms with van der Waals surface area (Å²) in [4.78, 5) is 24.9. The standard InChI is InChI=1S/C22H25N3O3S/c1-3-5-15-28-19-13-9-7-11-17(19)21(27)25-22(29)24-18-12-8-6-10-16(18)20(26)23-14-4-2/h4,6-13H,2-3,5,14-15H2,1H3,(H,23,26)(H2,24,25,27,29). The van der Waals surface area contributed by atoms with Crippen molar-refractivity contribution in [2.24, 2.45) is 0 Å². The molecule has 2 amide bonds. The van der Waals surface area contributed by atoms with Crippen LogP contribution >= 0.6 is 12.2 Å². The normalized spacial score (nSPS) is 9.97. The first-order valence-corrected chi connectivity index (χ1v) is 9.80. The van der Waals surface area contributed by atoms with E-state index >= 15 is 0 Å². The van der Waals surface area contributed by atoms with Crippen molar-refractivity contribution in [1.29, 1.82) is 0 Å². The highest BCUT2D eigenvalue weighted by atomic mass is 32.1. The summed E-state index contributed by atoms with van der Waals surface area (Å²) >= 11 is 5.26. The molecular weight excluding hydrogens is 386 g/mol. The van der Waals surface area contributed by atoms with Crippen LogP contribution in [0.4, 0.5) is 5.69 Å². The molecule has 0 spiro atoms. The van der Waals surface area contributed by atoms with Crippen molar-refractivity contribution in [3.05, 3.63) is 72.3 Å². The van der Waals surface area contributed by atoms with E-state index in [4.69, 9.17) is 17.0 Å². The first-order chi connectivity index (χ1) is 14.1. The monoisotopic (exact) mass is 411 g/mol. The SMILES string of the molecule is C=CCNC(=O)c1ccccc1NC(=S)NC(=O)c1ccccc1OCCCC. The number of carbonyl (C=O) groups is 2. The van der Waals surface area contributed by atoms with Gasteiger partial charge < -0.3 is 15.4 Å². The molecule has 29 heavy (non-hydrogen) atoms. The van der Waals surface area contributed by atoms with Crippen LogP contribution in [0.15, 0.2) is 61.2 Å². The Morgan fingerprint density at radius 1 is 1.07 bits per heavy atom. The van der Waals surface area contributed by atoms with E-state index in [1.54, 1.807) is 48.5 Å². The van der Waals surface area contributed by atoms with Crippen LogP contribution < -0.4 is 20.7 Å². The van der Waals surface area contributed by atoms with Crippen molar-refractivity contribution in [2.75, 3.05) is 18.5 Å². The molecule has 0 aromatic heterocycles. The van der Waals surface area contributed by atoms with Gasteiger partial charge in [-0.25, -0.2) is 0 Å². The van der Waals surface area contributed by atoms with Gasteiger partial charge in [0.2, 0.25) is 0 Å². The zero-order valence-corrected chi connectivity index (χ0v) is 17.2. The van der Waals surface area contributed by atoms with Crippen molar-refractivity contribution in [3.8, 4) is 5.75 Å². The van der Waals surface area contributed by atoms with Gasteiger partial charge in [0.25, 0.3) is 11.8 Å². The number of amides is 2. The van der Waals surface area contributed by atoms with Gasteiger partial charge in [-0.05, 0) is 42.9 Å². The summed E-state index contributed by atoms with van der Waals surface area (Å²) in [5, 5.41) is 8.35. The number of anilines is 1. The van der Waals surface area contributed by atoms with E-state index in [1.165, 1.54) is 0 Å². The minimum atomic E-state index is -0.386. The molecule has 0 aliphatic heterocycles. The number of unbranched alkanes of at least 4 members (excludes halogenated alkanes) is 1.